The Kier molecular flexibility index (Phi) is 5.26. The average molecular weight is 362 g/mol. The smallest absolute Gasteiger partial charge is 0.323 e. The summed E-state index contributed by atoms with van der Waals surface area (Å²) in [4.78, 5) is 14.7. The van der Waals surface area contributed by atoms with E-state index in [2.05, 4.69) is 64.2 Å². The van der Waals surface area contributed by atoms with Crippen molar-refractivity contribution in [2.24, 2.45) is 0 Å². The first kappa shape index (κ1) is 17.8. The minimum absolute atomic E-state index is 0.0796. The minimum atomic E-state index is -0.127. The number of nitrogens with zero attached hydrogens (tertiary/aromatic N) is 2. The number of benzene rings is 2. The second-order valence-corrected chi connectivity index (χ2v) is 7.11. The van der Waals surface area contributed by atoms with Gasteiger partial charge in [0.05, 0.1) is 12.1 Å². The highest BCUT2D eigenvalue weighted by molar-refractivity contribution is 5.85. The third-order valence-electron chi connectivity index (χ3n) is 5.37. The molecule has 1 saturated heterocycles. The average Bonchev–Trinajstić information content (AvgIpc) is 3.08. The Hall–Kier alpha value is -2.59. The minimum Gasteiger partial charge on any atom is -0.465 e. The van der Waals surface area contributed by atoms with Crippen molar-refractivity contribution in [3.63, 3.8) is 0 Å². The van der Waals surface area contributed by atoms with E-state index < -0.39 is 0 Å². The van der Waals surface area contributed by atoms with Gasteiger partial charge in [-0.25, -0.2) is 0 Å². The van der Waals surface area contributed by atoms with Crippen LogP contribution in [-0.4, -0.2) is 34.6 Å². The van der Waals surface area contributed by atoms with Crippen molar-refractivity contribution in [2.45, 2.75) is 38.8 Å². The highest BCUT2D eigenvalue weighted by Gasteiger charge is 2.30. The highest BCUT2D eigenvalue weighted by Crippen LogP contribution is 2.28. The molecule has 0 N–H and O–H groups in total. The van der Waals surface area contributed by atoms with Crippen LogP contribution >= 0.6 is 0 Å². The van der Waals surface area contributed by atoms with Gasteiger partial charge in [0, 0.05) is 23.8 Å². The van der Waals surface area contributed by atoms with Crippen LogP contribution in [0, 0.1) is 0 Å². The molecule has 0 radical (unpaired) electrons. The molecule has 1 aliphatic heterocycles. The Morgan fingerprint density at radius 1 is 1.07 bits per heavy atom. The van der Waals surface area contributed by atoms with Gasteiger partial charge in [-0.3, -0.25) is 9.69 Å². The third-order valence-corrected chi connectivity index (χ3v) is 5.37. The Morgan fingerprint density at radius 2 is 1.85 bits per heavy atom. The second-order valence-electron chi connectivity index (χ2n) is 7.11. The molecule has 1 aliphatic rings. The Bertz CT molecular complexity index is 917. The van der Waals surface area contributed by atoms with Crippen molar-refractivity contribution >= 4 is 16.9 Å². The maximum atomic E-state index is 12.4. The lowest BCUT2D eigenvalue weighted by Gasteiger charge is -2.33. The molecule has 0 spiro atoms. The number of esters is 1. The van der Waals surface area contributed by atoms with Crippen molar-refractivity contribution in [2.75, 3.05) is 13.2 Å². The molecule has 4 nitrogen and oxygen atoms in total. The van der Waals surface area contributed by atoms with Crippen LogP contribution in [0.15, 0.2) is 60.8 Å². The van der Waals surface area contributed by atoms with Crippen molar-refractivity contribution in [3.8, 4) is 5.69 Å². The number of ether oxygens (including phenoxy) is 1. The van der Waals surface area contributed by atoms with Gasteiger partial charge < -0.3 is 9.30 Å². The van der Waals surface area contributed by atoms with Crippen LogP contribution in [0.2, 0.25) is 0 Å². The van der Waals surface area contributed by atoms with Crippen molar-refractivity contribution in [1.29, 1.82) is 0 Å². The SMILES string of the molecule is CCOC(=O)C1CCCCN1Cc1cn(-c2ccccc2)c2ccccc12. The van der Waals surface area contributed by atoms with E-state index in [9.17, 15) is 4.79 Å². The first-order valence-corrected chi connectivity index (χ1v) is 9.83. The van der Waals surface area contributed by atoms with Gasteiger partial charge in [0.1, 0.15) is 6.04 Å². The number of fused-ring (bicyclic) bond motifs is 1. The predicted octanol–water partition coefficient (Wildman–Crippen LogP) is 4.55. The van der Waals surface area contributed by atoms with Gasteiger partial charge in [-0.15, -0.1) is 0 Å². The number of rotatable bonds is 5. The zero-order chi connectivity index (χ0) is 18.6. The first-order chi connectivity index (χ1) is 13.3. The molecule has 2 aromatic carbocycles. The monoisotopic (exact) mass is 362 g/mol. The van der Waals surface area contributed by atoms with Crippen molar-refractivity contribution in [3.05, 3.63) is 66.4 Å². The summed E-state index contributed by atoms with van der Waals surface area (Å²) in [6, 6.07) is 18.8. The lowest BCUT2D eigenvalue weighted by molar-refractivity contribution is -0.151. The van der Waals surface area contributed by atoms with Crippen LogP contribution in [-0.2, 0) is 16.1 Å². The fourth-order valence-corrected chi connectivity index (χ4v) is 4.08. The van der Waals surface area contributed by atoms with E-state index in [1.807, 2.05) is 13.0 Å². The summed E-state index contributed by atoms with van der Waals surface area (Å²) in [7, 11) is 0. The lowest BCUT2D eigenvalue weighted by Crippen LogP contribution is -2.44. The van der Waals surface area contributed by atoms with E-state index in [1.54, 1.807) is 0 Å². The van der Waals surface area contributed by atoms with E-state index in [1.165, 1.54) is 16.5 Å². The predicted molar refractivity (Wildman–Crippen MR) is 108 cm³/mol. The Balaban J connectivity index is 1.68. The highest BCUT2D eigenvalue weighted by atomic mass is 16.5. The molecule has 0 saturated carbocycles. The van der Waals surface area contributed by atoms with Gasteiger partial charge in [0.25, 0.3) is 0 Å². The maximum absolute atomic E-state index is 12.4. The quantitative estimate of drug-likeness (QED) is 0.625. The molecule has 4 heteroatoms. The summed E-state index contributed by atoms with van der Waals surface area (Å²) in [5.41, 5.74) is 3.61. The van der Waals surface area contributed by atoms with Crippen LogP contribution in [0.25, 0.3) is 16.6 Å². The molecular formula is C23H26N2O2. The number of para-hydroxylation sites is 2. The van der Waals surface area contributed by atoms with Crippen LogP contribution in [0.3, 0.4) is 0 Å². The summed E-state index contributed by atoms with van der Waals surface area (Å²) >= 11 is 0. The van der Waals surface area contributed by atoms with Gasteiger partial charge in [0.2, 0.25) is 0 Å². The number of hydrogen-bond acceptors (Lipinski definition) is 3. The van der Waals surface area contributed by atoms with E-state index >= 15 is 0 Å². The maximum Gasteiger partial charge on any atom is 0.323 e. The van der Waals surface area contributed by atoms with Crippen LogP contribution in [0.4, 0.5) is 0 Å². The van der Waals surface area contributed by atoms with E-state index in [0.717, 1.165) is 38.0 Å². The summed E-state index contributed by atoms with van der Waals surface area (Å²) < 4.78 is 7.57. The standard InChI is InChI=1S/C23H26N2O2/c1-2-27-23(26)22-14-8-9-15-24(22)16-18-17-25(19-10-4-3-5-11-19)21-13-7-6-12-20(18)21/h3-7,10-13,17,22H,2,8-9,14-16H2,1H3. The van der Waals surface area contributed by atoms with Crippen molar-refractivity contribution < 1.29 is 9.53 Å². The zero-order valence-electron chi connectivity index (χ0n) is 15.8. The molecule has 1 aromatic heterocycles. The molecule has 1 atom stereocenters. The third kappa shape index (κ3) is 3.62. The summed E-state index contributed by atoms with van der Waals surface area (Å²) in [5, 5.41) is 1.24. The lowest BCUT2D eigenvalue weighted by atomic mass is 10.0. The molecule has 4 rings (SSSR count). The number of hydrogen-bond donors (Lipinski definition) is 0. The Labute approximate surface area is 160 Å². The first-order valence-electron chi connectivity index (χ1n) is 9.83. The molecule has 2 heterocycles. The van der Waals surface area contributed by atoms with Crippen molar-refractivity contribution in [1.82, 2.24) is 9.47 Å². The number of likely N-dealkylation sites (tertiary alicyclic amines) is 1. The number of carbonyl (C=O) groups excluding carboxylic acids is 1. The molecule has 1 unspecified atom stereocenters. The van der Waals surface area contributed by atoms with E-state index in [4.69, 9.17) is 4.74 Å². The van der Waals surface area contributed by atoms with Gasteiger partial charge in [-0.05, 0) is 50.1 Å². The van der Waals surface area contributed by atoms with E-state index in [0.29, 0.717) is 6.61 Å². The van der Waals surface area contributed by atoms with Crippen LogP contribution in [0.1, 0.15) is 31.7 Å². The summed E-state index contributed by atoms with van der Waals surface area (Å²) in [6.07, 6.45) is 5.33. The zero-order valence-corrected chi connectivity index (χ0v) is 15.8. The van der Waals surface area contributed by atoms with Gasteiger partial charge in [0.15, 0.2) is 0 Å². The normalized spacial score (nSPS) is 17.9. The van der Waals surface area contributed by atoms with Gasteiger partial charge in [-0.2, -0.15) is 0 Å². The summed E-state index contributed by atoms with van der Waals surface area (Å²) in [6.45, 7) is 4.02. The number of aromatic nitrogens is 1. The molecule has 140 valence electrons. The van der Waals surface area contributed by atoms with Crippen LogP contribution in [0.5, 0.6) is 0 Å². The molecule has 0 amide bonds. The number of piperidine rings is 1. The number of carbonyl (C=O) groups is 1. The fourth-order valence-electron chi connectivity index (χ4n) is 4.08. The molecule has 1 fully saturated rings. The summed E-state index contributed by atoms with van der Waals surface area (Å²) in [5.74, 6) is -0.0796. The van der Waals surface area contributed by atoms with E-state index in [-0.39, 0.29) is 12.0 Å². The Morgan fingerprint density at radius 3 is 2.67 bits per heavy atom. The molecular weight excluding hydrogens is 336 g/mol. The molecule has 27 heavy (non-hydrogen) atoms. The fraction of sp³-hybridized carbons (Fsp3) is 0.348. The molecule has 0 bridgehead atoms. The molecule has 0 aliphatic carbocycles. The topological polar surface area (TPSA) is 34.5 Å². The molecule has 3 aromatic rings. The van der Waals surface area contributed by atoms with Crippen LogP contribution < -0.4 is 0 Å². The van der Waals surface area contributed by atoms with Gasteiger partial charge >= 0.3 is 5.97 Å². The second kappa shape index (κ2) is 7.97. The van der Waals surface area contributed by atoms with Gasteiger partial charge in [-0.1, -0.05) is 42.8 Å². The largest absolute Gasteiger partial charge is 0.465 e.